The molecule has 0 atom stereocenters. The zero-order valence-electron chi connectivity index (χ0n) is 12.9. The number of piperazine rings is 1. The molecular formula is C16H22N4O. The average molecular weight is 286 g/mol. The first-order valence-electron chi connectivity index (χ1n) is 7.44. The second-order valence-corrected chi connectivity index (χ2v) is 6.61. The number of nitrogens with one attached hydrogen (secondary N) is 1. The van der Waals surface area contributed by atoms with Gasteiger partial charge in [0.25, 0.3) is 0 Å². The zero-order valence-corrected chi connectivity index (χ0v) is 12.9. The highest BCUT2D eigenvalue weighted by Crippen LogP contribution is 2.21. The Labute approximate surface area is 125 Å². The molecule has 5 heteroatoms. The van der Waals surface area contributed by atoms with E-state index < -0.39 is 0 Å². The van der Waals surface area contributed by atoms with Crippen molar-refractivity contribution in [3.63, 3.8) is 0 Å². The summed E-state index contributed by atoms with van der Waals surface area (Å²) in [7, 11) is 0. The molecule has 112 valence electrons. The van der Waals surface area contributed by atoms with Crippen LogP contribution in [-0.4, -0.2) is 47.0 Å². The fourth-order valence-corrected chi connectivity index (χ4v) is 2.68. The number of imidazole rings is 1. The number of amides is 1. The van der Waals surface area contributed by atoms with E-state index in [0.29, 0.717) is 0 Å². The van der Waals surface area contributed by atoms with Crippen LogP contribution < -0.4 is 4.90 Å². The maximum atomic E-state index is 12.3. The predicted octanol–water partition coefficient (Wildman–Crippen LogP) is 2.26. The van der Waals surface area contributed by atoms with Gasteiger partial charge in [-0.3, -0.25) is 4.79 Å². The molecule has 2 aromatic rings. The Kier molecular flexibility index (Phi) is 3.35. The number of hydrogen-bond acceptors (Lipinski definition) is 3. The lowest BCUT2D eigenvalue weighted by Crippen LogP contribution is -2.51. The van der Waals surface area contributed by atoms with Crippen LogP contribution in [0.3, 0.4) is 0 Å². The third-order valence-electron chi connectivity index (χ3n) is 3.88. The van der Waals surface area contributed by atoms with Gasteiger partial charge in [0.1, 0.15) is 0 Å². The fraction of sp³-hybridized carbons (Fsp3) is 0.500. The molecule has 0 saturated carbocycles. The molecule has 3 rings (SSSR count). The number of rotatable bonds is 1. The van der Waals surface area contributed by atoms with Crippen LogP contribution in [0.15, 0.2) is 24.3 Å². The van der Waals surface area contributed by atoms with Crippen LogP contribution in [-0.2, 0) is 4.79 Å². The minimum Gasteiger partial charge on any atom is -0.339 e. The highest BCUT2D eigenvalue weighted by atomic mass is 16.2. The van der Waals surface area contributed by atoms with Gasteiger partial charge in [0.05, 0.1) is 11.0 Å². The zero-order chi connectivity index (χ0) is 15.0. The van der Waals surface area contributed by atoms with Gasteiger partial charge in [0.15, 0.2) is 0 Å². The second-order valence-electron chi connectivity index (χ2n) is 6.61. The molecule has 0 unspecified atom stereocenters. The first-order chi connectivity index (χ1) is 9.95. The van der Waals surface area contributed by atoms with Crippen LogP contribution in [0.4, 0.5) is 5.95 Å². The highest BCUT2D eigenvalue weighted by Gasteiger charge is 2.30. The van der Waals surface area contributed by atoms with Gasteiger partial charge in [0, 0.05) is 31.6 Å². The van der Waals surface area contributed by atoms with Crippen LogP contribution in [0.25, 0.3) is 11.0 Å². The van der Waals surface area contributed by atoms with E-state index in [-0.39, 0.29) is 11.3 Å². The summed E-state index contributed by atoms with van der Waals surface area (Å²) < 4.78 is 0. The number of para-hydroxylation sites is 2. The molecule has 0 spiro atoms. The molecule has 1 aromatic carbocycles. The summed E-state index contributed by atoms with van der Waals surface area (Å²) >= 11 is 0. The minimum atomic E-state index is -0.304. The lowest BCUT2D eigenvalue weighted by Gasteiger charge is -2.37. The normalized spacial score (nSPS) is 16.5. The van der Waals surface area contributed by atoms with Crippen LogP contribution in [0.2, 0.25) is 0 Å². The van der Waals surface area contributed by atoms with E-state index in [1.165, 1.54) is 0 Å². The molecule has 0 aliphatic carbocycles. The molecule has 2 heterocycles. The number of aromatic nitrogens is 2. The largest absolute Gasteiger partial charge is 0.339 e. The van der Waals surface area contributed by atoms with Gasteiger partial charge in [-0.25, -0.2) is 4.98 Å². The maximum absolute atomic E-state index is 12.3. The van der Waals surface area contributed by atoms with Crippen molar-refractivity contribution in [3.05, 3.63) is 24.3 Å². The summed E-state index contributed by atoms with van der Waals surface area (Å²) in [6, 6.07) is 8.04. The lowest BCUT2D eigenvalue weighted by atomic mass is 9.94. The van der Waals surface area contributed by atoms with Gasteiger partial charge in [-0.1, -0.05) is 32.9 Å². The third-order valence-corrected chi connectivity index (χ3v) is 3.88. The van der Waals surface area contributed by atoms with E-state index in [1.54, 1.807) is 0 Å². The Balaban J connectivity index is 1.69. The molecule has 21 heavy (non-hydrogen) atoms. The Morgan fingerprint density at radius 2 is 1.81 bits per heavy atom. The van der Waals surface area contributed by atoms with E-state index in [9.17, 15) is 4.79 Å². The summed E-state index contributed by atoms with van der Waals surface area (Å²) in [6.07, 6.45) is 0. The molecule has 1 aromatic heterocycles. The molecule has 1 fully saturated rings. The van der Waals surface area contributed by atoms with E-state index in [4.69, 9.17) is 0 Å². The van der Waals surface area contributed by atoms with Gasteiger partial charge in [-0.2, -0.15) is 0 Å². The van der Waals surface area contributed by atoms with Crippen LogP contribution >= 0.6 is 0 Å². The van der Waals surface area contributed by atoms with Gasteiger partial charge in [0.2, 0.25) is 11.9 Å². The molecule has 1 saturated heterocycles. The summed E-state index contributed by atoms with van der Waals surface area (Å²) in [4.78, 5) is 24.4. The summed E-state index contributed by atoms with van der Waals surface area (Å²) in [5, 5.41) is 0. The number of H-pyrrole nitrogens is 1. The van der Waals surface area contributed by atoms with E-state index in [2.05, 4.69) is 14.9 Å². The van der Waals surface area contributed by atoms with Crippen LogP contribution in [0.1, 0.15) is 20.8 Å². The fourth-order valence-electron chi connectivity index (χ4n) is 2.68. The number of hydrogen-bond donors (Lipinski definition) is 1. The van der Waals surface area contributed by atoms with Crippen molar-refractivity contribution < 1.29 is 4.79 Å². The molecular weight excluding hydrogens is 264 g/mol. The summed E-state index contributed by atoms with van der Waals surface area (Å²) in [5.74, 6) is 1.13. The molecule has 0 radical (unpaired) electrons. The first-order valence-corrected chi connectivity index (χ1v) is 7.44. The Bertz CT molecular complexity index is 615. The monoisotopic (exact) mass is 286 g/mol. The van der Waals surface area contributed by atoms with Crippen molar-refractivity contribution in [3.8, 4) is 0 Å². The van der Waals surface area contributed by atoms with Gasteiger partial charge in [-0.05, 0) is 12.1 Å². The number of aromatic amines is 1. The molecule has 1 amide bonds. The number of benzene rings is 1. The van der Waals surface area contributed by atoms with E-state index >= 15 is 0 Å². The Hall–Kier alpha value is -2.04. The highest BCUT2D eigenvalue weighted by molar-refractivity contribution is 5.82. The van der Waals surface area contributed by atoms with Crippen LogP contribution in [0, 0.1) is 5.41 Å². The molecule has 1 aliphatic heterocycles. The minimum absolute atomic E-state index is 0.228. The summed E-state index contributed by atoms with van der Waals surface area (Å²) in [5.41, 5.74) is 1.74. The first kappa shape index (κ1) is 13.9. The SMILES string of the molecule is CC(C)(C)C(=O)N1CCN(c2nc3ccccc3[nH]2)CC1. The van der Waals surface area contributed by atoms with E-state index in [0.717, 1.165) is 43.2 Å². The third kappa shape index (κ3) is 2.73. The number of fused-ring (bicyclic) bond motifs is 1. The van der Waals surface area contributed by atoms with Crippen molar-refractivity contribution in [2.75, 3.05) is 31.1 Å². The average Bonchev–Trinajstić information content (AvgIpc) is 2.89. The number of carbonyl (C=O) groups excluding carboxylic acids is 1. The second kappa shape index (κ2) is 5.06. The maximum Gasteiger partial charge on any atom is 0.228 e. The van der Waals surface area contributed by atoms with Crippen molar-refractivity contribution in [2.24, 2.45) is 5.41 Å². The van der Waals surface area contributed by atoms with Crippen molar-refractivity contribution >= 4 is 22.9 Å². The van der Waals surface area contributed by atoms with Crippen LogP contribution in [0.5, 0.6) is 0 Å². The number of nitrogens with zero attached hydrogens (tertiary/aromatic N) is 3. The molecule has 5 nitrogen and oxygen atoms in total. The number of carbonyl (C=O) groups is 1. The molecule has 1 N–H and O–H groups in total. The van der Waals surface area contributed by atoms with E-state index in [1.807, 2.05) is 49.9 Å². The van der Waals surface area contributed by atoms with Crippen molar-refractivity contribution in [1.82, 2.24) is 14.9 Å². The van der Waals surface area contributed by atoms with Gasteiger partial charge >= 0.3 is 0 Å². The summed E-state index contributed by atoms with van der Waals surface area (Å²) in [6.45, 7) is 9.08. The Morgan fingerprint density at radius 1 is 1.14 bits per heavy atom. The van der Waals surface area contributed by atoms with Gasteiger partial charge in [-0.15, -0.1) is 0 Å². The predicted molar refractivity (Wildman–Crippen MR) is 84.3 cm³/mol. The lowest BCUT2D eigenvalue weighted by molar-refractivity contribution is -0.139. The van der Waals surface area contributed by atoms with Gasteiger partial charge < -0.3 is 14.8 Å². The van der Waals surface area contributed by atoms with Crippen molar-refractivity contribution in [2.45, 2.75) is 20.8 Å². The molecule has 0 bridgehead atoms. The topological polar surface area (TPSA) is 52.2 Å². The quantitative estimate of drug-likeness (QED) is 0.875. The number of anilines is 1. The van der Waals surface area contributed by atoms with Crippen molar-refractivity contribution in [1.29, 1.82) is 0 Å². The Morgan fingerprint density at radius 3 is 2.43 bits per heavy atom. The standard InChI is InChI=1S/C16H22N4O/c1-16(2,3)14(21)19-8-10-20(11-9-19)15-17-12-6-4-5-7-13(12)18-15/h4-7H,8-11H2,1-3H3,(H,17,18). The molecule has 1 aliphatic rings. The smallest absolute Gasteiger partial charge is 0.228 e.